The van der Waals surface area contributed by atoms with Crippen molar-refractivity contribution in [3.63, 3.8) is 0 Å². The van der Waals surface area contributed by atoms with E-state index in [0.29, 0.717) is 19.3 Å². The number of unbranched alkanes of at least 4 members (excludes halogenated alkanes) is 5. The summed E-state index contributed by atoms with van der Waals surface area (Å²) in [5.41, 5.74) is 0. The van der Waals surface area contributed by atoms with Crippen LogP contribution in [0.3, 0.4) is 0 Å². The Morgan fingerprint density at radius 1 is 1.05 bits per heavy atom. The van der Waals surface area contributed by atoms with Crippen LogP contribution >= 0.6 is 0 Å². The highest BCUT2D eigenvalue weighted by atomic mass is 16.7. The molecule has 0 fully saturated rings. The number of hydrogen-bond acceptors (Lipinski definition) is 5. The normalized spacial score (nSPS) is 11.8. The van der Waals surface area contributed by atoms with Crippen LogP contribution < -0.4 is 0 Å². The average molecular weight is 287 g/mol. The predicted octanol–water partition coefficient (Wildman–Crippen LogP) is 3.83. The first-order valence-electron chi connectivity index (χ1n) is 7.37. The van der Waals surface area contributed by atoms with E-state index in [-0.39, 0.29) is 6.42 Å². The molecule has 20 heavy (non-hydrogen) atoms. The van der Waals surface area contributed by atoms with E-state index in [2.05, 4.69) is 17.1 Å². The van der Waals surface area contributed by atoms with Crippen molar-refractivity contribution in [3.05, 3.63) is 4.91 Å². The van der Waals surface area contributed by atoms with E-state index in [9.17, 15) is 14.5 Å². The molecule has 0 aliphatic rings. The summed E-state index contributed by atoms with van der Waals surface area (Å²) in [6, 6.07) is 0. The molecule has 1 unspecified atom stereocenters. The van der Waals surface area contributed by atoms with Crippen molar-refractivity contribution in [3.8, 4) is 0 Å². The van der Waals surface area contributed by atoms with Gasteiger partial charge in [-0.3, -0.25) is 9.63 Å². The summed E-state index contributed by atoms with van der Waals surface area (Å²) in [6.07, 6.45) is 8.15. The Labute approximate surface area is 119 Å². The van der Waals surface area contributed by atoms with Gasteiger partial charge in [0, 0.05) is 6.42 Å². The molecule has 0 saturated carbocycles. The van der Waals surface area contributed by atoms with E-state index in [0.717, 1.165) is 19.3 Å². The number of carboxylic acids is 1. The van der Waals surface area contributed by atoms with Gasteiger partial charge in [-0.05, 0) is 19.3 Å². The van der Waals surface area contributed by atoms with Crippen LogP contribution in [0.25, 0.3) is 0 Å². The summed E-state index contributed by atoms with van der Waals surface area (Å²) in [5, 5.41) is 10.7. The van der Waals surface area contributed by atoms with E-state index in [4.69, 9.17) is 5.11 Å². The highest BCUT2D eigenvalue weighted by Gasteiger charge is 2.20. The van der Waals surface area contributed by atoms with Crippen LogP contribution in [0.5, 0.6) is 0 Å². The van der Waals surface area contributed by atoms with E-state index in [1.54, 1.807) is 0 Å². The fraction of sp³-hybridized carbons (Fsp3) is 0.857. The maximum atomic E-state index is 11.5. The summed E-state index contributed by atoms with van der Waals surface area (Å²) in [5.74, 6) is -1.94. The van der Waals surface area contributed by atoms with Crippen molar-refractivity contribution in [2.45, 2.75) is 71.1 Å². The van der Waals surface area contributed by atoms with E-state index < -0.39 is 17.9 Å². The molecule has 1 N–H and O–H groups in total. The number of carbonyl (C=O) groups excluding carboxylic acids is 1. The molecule has 6 nitrogen and oxygen atoms in total. The largest absolute Gasteiger partial charge is 0.481 e. The Morgan fingerprint density at radius 3 is 2.25 bits per heavy atom. The maximum Gasteiger partial charge on any atom is 0.341 e. The van der Waals surface area contributed by atoms with Crippen molar-refractivity contribution in [2.24, 2.45) is 11.3 Å². The summed E-state index contributed by atoms with van der Waals surface area (Å²) in [7, 11) is 0. The second kappa shape index (κ2) is 12.6. The molecule has 0 amide bonds. The molecular weight excluding hydrogens is 262 g/mol. The molecule has 1 atom stereocenters. The topological polar surface area (TPSA) is 93.0 Å². The van der Waals surface area contributed by atoms with Gasteiger partial charge in [0.25, 0.3) is 0 Å². The smallest absolute Gasteiger partial charge is 0.341 e. The third-order valence-electron chi connectivity index (χ3n) is 3.31. The molecule has 0 aromatic carbocycles. The molecule has 6 heteroatoms. The Kier molecular flexibility index (Phi) is 11.7. The van der Waals surface area contributed by atoms with Crippen molar-refractivity contribution < 1.29 is 19.5 Å². The first-order chi connectivity index (χ1) is 9.61. The van der Waals surface area contributed by atoms with Crippen LogP contribution in [0, 0.1) is 10.8 Å². The molecule has 0 aromatic heterocycles. The lowest BCUT2D eigenvalue weighted by Crippen LogP contribution is -2.16. The van der Waals surface area contributed by atoms with Crippen LogP contribution in [-0.2, 0) is 14.4 Å². The van der Waals surface area contributed by atoms with E-state index >= 15 is 0 Å². The van der Waals surface area contributed by atoms with Crippen molar-refractivity contribution in [1.82, 2.24) is 0 Å². The molecule has 0 heterocycles. The molecule has 0 rings (SSSR count). The minimum absolute atomic E-state index is 0.0226. The van der Waals surface area contributed by atoms with Crippen LogP contribution in [0.4, 0.5) is 0 Å². The Bertz CT molecular complexity index is 293. The van der Waals surface area contributed by atoms with Gasteiger partial charge in [0.2, 0.25) is 0 Å². The second-order valence-corrected chi connectivity index (χ2v) is 5.02. The third-order valence-corrected chi connectivity index (χ3v) is 3.31. The summed E-state index contributed by atoms with van der Waals surface area (Å²) in [6.45, 7) is 2.15. The van der Waals surface area contributed by atoms with Gasteiger partial charge in [0.15, 0.2) is 5.34 Å². The average Bonchev–Trinajstić information content (AvgIpc) is 2.40. The standard InChI is InChI=1S/C14H25NO5/c1-2-3-4-5-6-7-9-12(14(18)20-15-19)10-8-11-13(16)17/h12H,2-11H2,1H3,(H,16,17). The van der Waals surface area contributed by atoms with Crippen LogP contribution in [-0.4, -0.2) is 17.0 Å². The zero-order chi connectivity index (χ0) is 15.2. The minimum atomic E-state index is -0.884. The summed E-state index contributed by atoms with van der Waals surface area (Å²) in [4.78, 5) is 36.1. The van der Waals surface area contributed by atoms with Gasteiger partial charge in [-0.25, -0.2) is 4.79 Å². The predicted molar refractivity (Wildman–Crippen MR) is 74.9 cm³/mol. The lowest BCUT2D eigenvalue weighted by Gasteiger charge is -2.12. The fourth-order valence-electron chi connectivity index (χ4n) is 2.16. The number of hydrogen-bond donors (Lipinski definition) is 1. The molecule has 0 aliphatic heterocycles. The van der Waals surface area contributed by atoms with Crippen molar-refractivity contribution >= 4 is 11.9 Å². The zero-order valence-corrected chi connectivity index (χ0v) is 12.2. The first kappa shape index (κ1) is 18.5. The van der Waals surface area contributed by atoms with Gasteiger partial charge in [0.1, 0.15) is 0 Å². The Balaban J connectivity index is 3.94. The van der Waals surface area contributed by atoms with Gasteiger partial charge in [-0.15, -0.1) is 4.91 Å². The highest BCUT2D eigenvalue weighted by Crippen LogP contribution is 2.19. The number of rotatable bonds is 13. The first-order valence-corrected chi connectivity index (χ1v) is 7.37. The number of nitrogens with zero attached hydrogens (tertiary/aromatic N) is 1. The maximum absolute atomic E-state index is 11.5. The third kappa shape index (κ3) is 10.5. The van der Waals surface area contributed by atoms with E-state index in [1.807, 2.05) is 0 Å². The monoisotopic (exact) mass is 287 g/mol. The molecule has 0 aliphatic carbocycles. The van der Waals surface area contributed by atoms with Crippen LogP contribution in [0.2, 0.25) is 0 Å². The lowest BCUT2D eigenvalue weighted by molar-refractivity contribution is -0.150. The summed E-state index contributed by atoms with van der Waals surface area (Å²) >= 11 is 0. The number of carboxylic acid groups (broad SMARTS) is 1. The molecule has 0 radical (unpaired) electrons. The van der Waals surface area contributed by atoms with Gasteiger partial charge in [-0.1, -0.05) is 45.4 Å². The molecule has 0 bridgehead atoms. The van der Waals surface area contributed by atoms with Crippen LogP contribution in [0.15, 0.2) is 5.34 Å². The van der Waals surface area contributed by atoms with Crippen molar-refractivity contribution in [2.75, 3.05) is 0 Å². The van der Waals surface area contributed by atoms with Crippen molar-refractivity contribution in [1.29, 1.82) is 0 Å². The molecule has 0 aromatic rings. The van der Waals surface area contributed by atoms with Crippen LogP contribution in [0.1, 0.15) is 71.1 Å². The molecule has 116 valence electrons. The van der Waals surface area contributed by atoms with Gasteiger partial charge >= 0.3 is 11.9 Å². The fourth-order valence-corrected chi connectivity index (χ4v) is 2.16. The van der Waals surface area contributed by atoms with Gasteiger partial charge in [0.05, 0.1) is 5.92 Å². The lowest BCUT2D eigenvalue weighted by atomic mass is 9.95. The zero-order valence-electron chi connectivity index (χ0n) is 12.2. The Hall–Kier alpha value is -1.46. The molecular formula is C14H25NO5. The second-order valence-electron chi connectivity index (χ2n) is 5.02. The molecule has 0 saturated heterocycles. The SMILES string of the molecule is CCCCCCCCC(CCCC(=O)O)C(=O)ON=O. The van der Waals surface area contributed by atoms with E-state index in [1.165, 1.54) is 19.3 Å². The highest BCUT2D eigenvalue weighted by molar-refractivity contribution is 5.72. The summed E-state index contributed by atoms with van der Waals surface area (Å²) < 4.78 is 0. The molecule has 0 spiro atoms. The van der Waals surface area contributed by atoms with Gasteiger partial charge in [-0.2, -0.15) is 0 Å². The number of aliphatic carboxylic acids is 1. The quantitative estimate of drug-likeness (QED) is 0.315. The Morgan fingerprint density at radius 2 is 1.65 bits per heavy atom. The minimum Gasteiger partial charge on any atom is -0.481 e. The number of carbonyl (C=O) groups is 2. The van der Waals surface area contributed by atoms with Gasteiger partial charge < -0.3 is 5.11 Å².